The molecule has 1 rings (SSSR count). The Morgan fingerprint density at radius 3 is 2.71 bits per heavy atom. The van der Waals surface area contributed by atoms with Crippen LogP contribution in [-0.4, -0.2) is 50.6 Å². The van der Waals surface area contributed by atoms with E-state index in [0.29, 0.717) is 6.54 Å². The quantitative estimate of drug-likeness (QED) is 0.280. The molecule has 8 heteroatoms. The number of aliphatic imine (C=N–C) groups is 1. The van der Waals surface area contributed by atoms with Gasteiger partial charge in [0.15, 0.2) is 11.1 Å². The monoisotopic (exact) mass is 443 g/mol. The Hall–Kier alpha value is -0.220. The maximum Gasteiger partial charge on any atom is 0.191 e. The summed E-state index contributed by atoms with van der Waals surface area (Å²) in [6.07, 6.45) is 4.55. The van der Waals surface area contributed by atoms with Crippen LogP contribution in [0.1, 0.15) is 18.5 Å². The van der Waals surface area contributed by atoms with Crippen molar-refractivity contribution in [3.05, 3.63) is 11.1 Å². The Morgan fingerprint density at radius 2 is 2.14 bits per heavy atom. The topological polar surface area (TPSA) is 52.6 Å². The van der Waals surface area contributed by atoms with Crippen LogP contribution in [-0.2, 0) is 6.54 Å². The first-order chi connectivity index (χ1) is 9.67. The van der Waals surface area contributed by atoms with Gasteiger partial charge < -0.3 is 15.5 Å². The van der Waals surface area contributed by atoms with Crippen molar-refractivity contribution < 1.29 is 0 Å². The van der Waals surface area contributed by atoms with E-state index in [1.54, 1.807) is 18.4 Å². The Labute approximate surface area is 153 Å². The van der Waals surface area contributed by atoms with Crippen molar-refractivity contribution in [3.8, 4) is 0 Å². The van der Waals surface area contributed by atoms with Gasteiger partial charge in [-0.3, -0.25) is 4.99 Å². The van der Waals surface area contributed by atoms with Crippen LogP contribution in [0.15, 0.2) is 10.4 Å². The van der Waals surface area contributed by atoms with E-state index in [4.69, 9.17) is 0 Å². The summed E-state index contributed by atoms with van der Waals surface area (Å²) >= 11 is 3.55. The van der Waals surface area contributed by atoms with E-state index in [2.05, 4.69) is 32.2 Å². The molecule has 0 fully saturated rings. The van der Waals surface area contributed by atoms with E-state index in [1.807, 2.05) is 30.8 Å². The fourth-order valence-corrected chi connectivity index (χ4v) is 2.81. The van der Waals surface area contributed by atoms with Crippen molar-refractivity contribution in [2.45, 2.75) is 19.4 Å². The highest BCUT2D eigenvalue weighted by Gasteiger charge is 2.04. The second kappa shape index (κ2) is 12.3. The molecular weight excluding hydrogens is 417 g/mol. The lowest BCUT2D eigenvalue weighted by Gasteiger charge is -2.11. The summed E-state index contributed by atoms with van der Waals surface area (Å²) in [5.74, 6) is 2.06. The van der Waals surface area contributed by atoms with Crippen molar-refractivity contribution in [3.63, 3.8) is 0 Å². The summed E-state index contributed by atoms with van der Waals surface area (Å²) in [6.45, 7) is 1.66. The first kappa shape index (κ1) is 20.8. The van der Waals surface area contributed by atoms with E-state index in [0.717, 1.165) is 23.3 Å². The number of unbranched alkanes of at least 4 members (excludes halogenated alkanes) is 1. The largest absolute Gasteiger partial charge is 0.356 e. The molecule has 5 nitrogen and oxygen atoms in total. The summed E-state index contributed by atoms with van der Waals surface area (Å²) in [5, 5.41) is 9.72. The lowest BCUT2D eigenvalue weighted by Crippen LogP contribution is -2.37. The minimum atomic E-state index is 0. The third-order valence-electron chi connectivity index (χ3n) is 2.65. The Bertz CT molecular complexity index is 409. The first-order valence-corrected chi connectivity index (χ1v) is 9.00. The van der Waals surface area contributed by atoms with Gasteiger partial charge in [0, 0.05) is 33.1 Å². The van der Waals surface area contributed by atoms with Gasteiger partial charge >= 0.3 is 0 Å². The molecule has 0 spiro atoms. The summed E-state index contributed by atoms with van der Waals surface area (Å²) in [4.78, 5) is 10.8. The van der Waals surface area contributed by atoms with Crippen LogP contribution in [0.4, 0.5) is 5.13 Å². The van der Waals surface area contributed by atoms with Crippen molar-refractivity contribution in [2.75, 3.05) is 44.6 Å². The summed E-state index contributed by atoms with van der Waals surface area (Å²) in [6, 6.07) is 0. The second-order valence-corrected chi connectivity index (χ2v) is 6.39. The minimum absolute atomic E-state index is 0. The molecule has 0 unspecified atom stereocenters. The van der Waals surface area contributed by atoms with Gasteiger partial charge in [0.25, 0.3) is 0 Å². The molecule has 0 bridgehead atoms. The van der Waals surface area contributed by atoms with Crippen LogP contribution in [0, 0.1) is 0 Å². The molecule has 21 heavy (non-hydrogen) atoms. The van der Waals surface area contributed by atoms with Gasteiger partial charge in [0.1, 0.15) is 0 Å². The van der Waals surface area contributed by atoms with Gasteiger partial charge in [-0.25, -0.2) is 4.98 Å². The standard InChI is InChI=1S/C13H25N5S2.HI/c1-14-12(15-7-5-6-8-19-4)16-9-11-10-20-13(17-11)18(2)3;/h10H,5-9H2,1-4H3,(H2,14,15,16);1H. The van der Waals surface area contributed by atoms with Gasteiger partial charge in [-0.05, 0) is 24.9 Å². The van der Waals surface area contributed by atoms with E-state index in [1.165, 1.54) is 18.6 Å². The molecule has 1 aromatic heterocycles. The SMILES string of the molecule is CN=C(NCCCCSC)NCc1csc(N(C)C)n1.I. The number of rotatable bonds is 8. The maximum atomic E-state index is 4.53. The minimum Gasteiger partial charge on any atom is -0.356 e. The van der Waals surface area contributed by atoms with Crippen molar-refractivity contribution in [1.82, 2.24) is 15.6 Å². The Balaban J connectivity index is 0.00000400. The summed E-state index contributed by atoms with van der Waals surface area (Å²) in [7, 11) is 5.81. The highest BCUT2D eigenvalue weighted by atomic mass is 127. The number of aromatic nitrogens is 1. The zero-order valence-electron chi connectivity index (χ0n) is 13.2. The van der Waals surface area contributed by atoms with Gasteiger partial charge in [-0.1, -0.05) is 0 Å². The Kier molecular flexibility index (Phi) is 12.2. The maximum absolute atomic E-state index is 4.53. The van der Waals surface area contributed by atoms with Crippen LogP contribution in [0.25, 0.3) is 0 Å². The number of thiazole rings is 1. The summed E-state index contributed by atoms with van der Waals surface area (Å²) < 4.78 is 0. The van der Waals surface area contributed by atoms with Gasteiger partial charge in [-0.2, -0.15) is 11.8 Å². The number of thioether (sulfide) groups is 1. The molecular formula is C13H26IN5S2. The summed E-state index contributed by atoms with van der Waals surface area (Å²) in [5.41, 5.74) is 1.05. The zero-order valence-corrected chi connectivity index (χ0v) is 17.1. The van der Waals surface area contributed by atoms with Crippen LogP contribution in [0.2, 0.25) is 0 Å². The molecule has 0 radical (unpaired) electrons. The number of hydrogen-bond acceptors (Lipinski definition) is 5. The van der Waals surface area contributed by atoms with E-state index >= 15 is 0 Å². The molecule has 0 aliphatic rings. The third-order valence-corrected chi connectivity index (χ3v) is 4.40. The molecule has 1 aromatic rings. The van der Waals surface area contributed by atoms with Gasteiger partial charge in [0.2, 0.25) is 0 Å². The fourth-order valence-electron chi connectivity index (χ4n) is 1.56. The van der Waals surface area contributed by atoms with E-state index < -0.39 is 0 Å². The number of anilines is 1. The van der Waals surface area contributed by atoms with Gasteiger partial charge in [-0.15, -0.1) is 35.3 Å². The second-order valence-electron chi connectivity index (χ2n) is 4.57. The smallest absolute Gasteiger partial charge is 0.191 e. The van der Waals surface area contributed by atoms with E-state index in [9.17, 15) is 0 Å². The zero-order chi connectivity index (χ0) is 14.8. The molecule has 2 N–H and O–H groups in total. The lowest BCUT2D eigenvalue weighted by molar-refractivity contribution is 0.730. The van der Waals surface area contributed by atoms with Crippen LogP contribution in [0.5, 0.6) is 0 Å². The van der Waals surface area contributed by atoms with Crippen molar-refractivity contribution >= 4 is 58.2 Å². The predicted molar refractivity (Wildman–Crippen MR) is 108 cm³/mol. The highest BCUT2D eigenvalue weighted by Crippen LogP contribution is 2.17. The average Bonchev–Trinajstić information content (AvgIpc) is 2.91. The molecule has 0 aliphatic carbocycles. The lowest BCUT2D eigenvalue weighted by atomic mass is 10.3. The number of halogens is 1. The van der Waals surface area contributed by atoms with Crippen molar-refractivity contribution in [2.24, 2.45) is 4.99 Å². The molecule has 0 aliphatic heterocycles. The number of nitrogens with one attached hydrogen (secondary N) is 2. The van der Waals surface area contributed by atoms with Crippen LogP contribution >= 0.6 is 47.1 Å². The molecule has 0 amide bonds. The Morgan fingerprint density at radius 1 is 1.38 bits per heavy atom. The normalized spacial score (nSPS) is 11.0. The predicted octanol–water partition coefficient (Wildman–Crippen LogP) is 2.64. The van der Waals surface area contributed by atoms with Gasteiger partial charge in [0.05, 0.1) is 12.2 Å². The average molecular weight is 443 g/mol. The molecule has 1 heterocycles. The van der Waals surface area contributed by atoms with Crippen molar-refractivity contribution in [1.29, 1.82) is 0 Å². The molecule has 122 valence electrons. The van der Waals surface area contributed by atoms with Crippen LogP contribution in [0.3, 0.4) is 0 Å². The fraction of sp³-hybridized carbons (Fsp3) is 0.692. The molecule has 0 aromatic carbocycles. The third kappa shape index (κ3) is 8.72. The first-order valence-electron chi connectivity index (χ1n) is 6.72. The van der Waals surface area contributed by atoms with E-state index in [-0.39, 0.29) is 24.0 Å². The number of nitrogens with zero attached hydrogens (tertiary/aromatic N) is 3. The molecule has 0 saturated heterocycles. The molecule has 0 atom stereocenters. The van der Waals surface area contributed by atoms with Crippen LogP contribution < -0.4 is 15.5 Å². The number of guanidine groups is 1. The molecule has 0 saturated carbocycles. The number of hydrogen-bond donors (Lipinski definition) is 2. The highest BCUT2D eigenvalue weighted by molar-refractivity contribution is 14.0.